The van der Waals surface area contributed by atoms with Crippen molar-refractivity contribution in [2.24, 2.45) is 5.73 Å². The lowest BCUT2D eigenvalue weighted by Gasteiger charge is -2.16. The lowest BCUT2D eigenvalue weighted by atomic mass is 10.1. The zero-order chi connectivity index (χ0) is 13.3. The van der Waals surface area contributed by atoms with E-state index in [1.165, 1.54) is 12.1 Å². The van der Waals surface area contributed by atoms with Crippen LogP contribution in [-0.2, 0) is 10.7 Å². The Labute approximate surface area is 107 Å². The van der Waals surface area contributed by atoms with Crippen LogP contribution in [0.4, 0.5) is 8.78 Å². The molecule has 0 saturated heterocycles. The first kappa shape index (κ1) is 15.1. The maximum Gasteiger partial charge on any atom is 0.296 e. The van der Waals surface area contributed by atoms with Crippen molar-refractivity contribution in [1.82, 2.24) is 0 Å². The highest BCUT2D eigenvalue weighted by Gasteiger charge is 2.31. The zero-order valence-electron chi connectivity index (χ0n) is 10.6. The molecule has 0 atom stereocenters. The molecule has 0 fully saturated rings. The highest BCUT2D eigenvalue weighted by Crippen LogP contribution is 2.27. The van der Waals surface area contributed by atoms with Crippen molar-refractivity contribution in [2.75, 3.05) is 19.8 Å². The highest BCUT2D eigenvalue weighted by molar-refractivity contribution is 5.19. The first-order chi connectivity index (χ1) is 8.67. The summed E-state index contributed by atoms with van der Waals surface area (Å²) in [5.41, 5.74) is 5.37. The minimum absolute atomic E-state index is 0.00753. The summed E-state index contributed by atoms with van der Waals surface area (Å²) < 4.78 is 32.3. The third kappa shape index (κ3) is 5.56. The minimum Gasteiger partial charge on any atom is -0.375 e. The number of ether oxygens (including phenoxy) is 1. The van der Waals surface area contributed by atoms with Crippen LogP contribution in [0.25, 0.3) is 0 Å². The molecular formula is C14H21F2NO. The lowest BCUT2D eigenvalue weighted by molar-refractivity contribution is -0.0831. The summed E-state index contributed by atoms with van der Waals surface area (Å²) in [6, 6.07) is 7.78. The van der Waals surface area contributed by atoms with Gasteiger partial charge in [0.25, 0.3) is 5.92 Å². The molecule has 1 aromatic carbocycles. The van der Waals surface area contributed by atoms with Gasteiger partial charge in [-0.15, -0.1) is 0 Å². The number of rotatable bonds is 9. The van der Waals surface area contributed by atoms with Crippen molar-refractivity contribution in [3.63, 3.8) is 0 Å². The van der Waals surface area contributed by atoms with Crippen molar-refractivity contribution in [2.45, 2.75) is 31.6 Å². The van der Waals surface area contributed by atoms with Gasteiger partial charge in [-0.05, 0) is 19.4 Å². The molecule has 0 saturated carbocycles. The maximum atomic E-state index is 13.6. The average Bonchev–Trinajstić information content (AvgIpc) is 2.39. The Morgan fingerprint density at radius 2 is 1.67 bits per heavy atom. The van der Waals surface area contributed by atoms with E-state index in [2.05, 4.69) is 0 Å². The Bertz CT molecular complexity index is 317. The summed E-state index contributed by atoms with van der Waals surface area (Å²) in [6.45, 7) is 0.522. The van der Waals surface area contributed by atoms with E-state index in [1.807, 2.05) is 0 Å². The summed E-state index contributed by atoms with van der Waals surface area (Å²) >= 11 is 0. The molecule has 0 heterocycles. The first-order valence-electron chi connectivity index (χ1n) is 6.38. The second-order valence-corrected chi connectivity index (χ2v) is 4.33. The quantitative estimate of drug-likeness (QED) is 0.689. The molecule has 0 spiro atoms. The molecule has 0 radical (unpaired) electrons. The van der Waals surface area contributed by atoms with Gasteiger partial charge in [-0.1, -0.05) is 43.2 Å². The number of unbranched alkanes of at least 4 members (excludes halogenated alkanes) is 3. The van der Waals surface area contributed by atoms with Gasteiger partial charge in [0.2, 0.25) is 0 Å². The largest absolute Gasteiger partial charge is 0.375 e. The smallest absolute Gasteiger partial charge is 0.296 e. The van der Waals surface area contributed by atoms with E-state index in [1.54, 1.807) is 18.2 Å². The first-order valence-corrected chi connectivity index (χ1v) is 6.38. The molecule has 102 valence electrons. The number of hydrogen-bond donors (Lipinski definition) is 1. The Kier molecular flexibility index (Phi) is 6.83. The van der Waals surface area contributed by atoms with Crippen LogP contribution in [0, 0.1) is 0 Å². The molecule has 0 amide bonds. The topological polar surface area (TPSA) is 35.2 Å². The summed E-state index contributed by atoms with van der Waals surface area (Å²) in [6.07, 6.45) is 3.81. The third-order valence-corrected chi connectivity index (χ3v) is 2.72. The minimum atomic E-state index is -2.90. The van der Waals surface area contributed by atoms with Crippen LogP contribution in [0.5, 0.6) is 0 Å². The fourth-order valence-electron chi connectivity index (χ4n) is 1.67. The van der Waals surface area contributed by atoms with E-state index in [4.69, 9.17) is 10.5 Å². The number of benzene rings is 1. The molecular weight excluding hydrogens is 236 g/mol. The van der Waals surface area contributed by atoms with Gasteiger partial charge in [-0.3, -0.25) is 0 Å². The van der Waals surface area contributed by atoms with Gasteiger partial charge in [0.05, 0.1) is 0 Å². The van der Waals surface area contributed by atoms with Gasteiger partial charge in [-0.25, -0.2) is 0 Å². The SMILES string of the molecule is NCCCCCCOCC(F)(F)c1ccccc1. The fraction of sp³-hybridized carbons (Fsp3) is 0.571. The third-order valence-electron chi connectivity index (χ3n) is 2.72. The maximum absolute atomic E-state index is 13.6. The second-order valence-electron chi connectivity index (χ2n) is 4.33. The predicted molar refractivity (Wildman–Crippen MR) is 68.7 cm³/mol. The van der Waals surface area contributed by atoms with E-state index in [-0.39, 0.29) is 5.56 Å². The van der Waals surface area contributed by atoms with Crippen LogP contribution in [0.15, 0.2) is 30.3 Å². The van der Waals surface area contributed by atoms with E-state index in [0.717, 1.165) is 25.7 Å². The fourth-order valence-corrected chi connectivity index (χ4v) is 1.67. The van der Waals surface area contributed by atoms with E-state index < -0.39 is 12.5 Å². The van der Waals surface area contributed by atoms with Crippen LogP contribution in [-0.4, -0.2) is 19.8 Å². The molecule has 0 aliphatic rings. The molecule has 0 unspecified atom stereocenters. The van der Waals surface area contributed by atoms with Gasteiger partial charge in [-0.2, -0.15) is 8.78 Å². The average molecular weight is 257 g/mol. The van der Waals surface area contributed by atoms with Crippen molar-refractivity contribution in [3.05, 3.63) is 35.9 Å². The second kappa shape index (κ2) is 8.16. The molecule has 0 aromatic heterocycles. The van der Waals surface area contributed by atoms with Crippen molar-refractivity contribution in [1.29, 1.82) is 0 Å². The molecule has 4 heteroatoms. The molecule has 18 heavy (non-hydrogen) atoms. The number of hydrogen-bond acceptors (Lipinski definition) is 2. The van der Waals surface area contributed by atoms with Gasteiger partial charge in [0.15, 0.2) is 0 Å². The molecule has 0 aliphatic heterocycles. The van der Waals surface area contributed by atoms with Gasteiger partial charge >= 0.3 is 0 Å². The molecule has 2 N–H and O–H groups in total. The van der Waals surface area contributed by atoms with Gasteiger partial charge < -0.3 is 10.5 Å². The van der Waals surface area contributed by atoms with Crippen molar-refractivity contribution >= 4 is 0 Å². The Hall–Kier alpha value is -1.00. The Morgan fingerprint density at radius 1 is 1.00 bits per heavy atom. The van der Waals surface area contributed by atoms with Crippen molar-refractivity contribution < 1.29 is 13.5 Å². The normalized spacial score (nSPS) is 11.7. The van der Waals surface area contributed by atoms with Crippen molar-refractivity contribution in [3.8, 4) is 0 Å². The number of halogens is 2. The Balaban J connectivity index is 2.18. The van der Waals surface area contributed by atoms with E-state index >= 15 is 0 Å². The molecule has 1 aromatic rings. The zero-order valence-corrected chi connectivity index (χ0v) is 10.6. The Morgan fingerprint density at radius 3 is 2.33 bits per heavy atom. The summed E-state index contributed by atoms with van der Waals surface area (Å²) in [7, 11) is 0. The van der Waals surface area contributed by atoms with Crippen LogP contribution >= 0.6 is 0 Å². The molecule has 0 aliphatic carbocycles. The molecule has 1 rings (SSSR count). The summed E-state index contributed by atoms with van der Waals surface area (Å²) in [5, 5.41) is 0. The van der Waals surface area contributed by atoms with E-state index in [0.29, 0.717) is 13.2 Å². The van der Waals surface area contributed by atoms with Crippen LogP contribution in [0.3, 0.4) is 0 Å². The van der Waals surface area contributed by atoms with Crippen LogP contribution in [0.1, 0.15) is 31.2 Å². The van der Waals surface area contributed by atoms with Gasteiger partial charge in [0.1, 0.15) is 6.61 Å². The van der Waals surface area contributed by atoms with Crippen LogP contribution < -0.4 is 5.73 Å². The summed E-state index contributed by atoms with van der Waals surface area (Å²) in [5.74, 6) is -2.90. The summed E-state index contributed by atoms with van der Waals surface area (Å²) in [4.78, 5) is 0. The highest BCUT2D eigenvalue weighted by atomic mass is 19.3. The monoisotopic (exact) mass is 257 g/mol. The van der Waals surface area contributed by atoms with E-state index in [9.17, 15) is 8.78 Å². The standard InChI is InChI=1S/C14H21F2NO/c15-14(16,13-8-4-3-5-9-13)12-18-11-7-2-1-6-10-17/h3-5,8-9H,1-2,6-7,10-12,17H2. The lowest BCUT2D eigenvalue weighted by Crippen LogP contribution is -2.21. The van der Waals surface area contributed by atoms with Gasteiger partial charge in [0, 0.05) is 12.2 Å². The molecule has 2 nitrogen and oxygen atoms in total. The predicted octanol–water partition coefficient (Wildman–Crippen LogP) is 3.31. The van der Waals surface area contributed by atoms with Crippen LogP contribution in [0.2, 0.25) is 0 Å². The number of alkyl halides is 2. The molecule has 0 bridgehead atoms. The number of nitrogens with two attached hydrogens (primary N) is 1.